The van der Waals surface area contributed by atoms with E-state index < -0.39 is 22.0 Å². The molecule has 38 heavy (non-hydrogen) atoms. The fraction of sp³-hybridized carbons (Fsp3) is 0.929. The zero-order valence-electron chi connectivity index (χ0n) is 23.7. The number of carbonyl (C=O) groups is 2. The number of rotatable bonds is 11. The summed E-state index contributed by atoms with van der Waals surface area (Å²) in [5.41, 5.74) is 0. The van der Waals surface area contributed by atoms with Gasteiger partial charge in [-0.05, 0) is 63.7 Å². The molecule has 2 saturated heterocycles. The molecule has 2 unspecified atom stereocenters. The Labute approximate surface area is 230 Å². The lowest BCUT2D eigenvalue weighted by atomic mass is 9.83. The highest BCUT2D eigenvalue weighted by Gasteiger charge is 2.40. The molecule has 10 heteroatoms. The van der Waals surface area contributed by atoms with Gasteiger partial charge in [0.1, 0.15) is 6.04 Å². The first kappa shape index (κ1) is 29.7. The van der Waals surface area contributed by atoms with Gasteiger partial charge in [-0.25, -0.2) is 13.1 Å². The van der Waals surface area contributed by atoms with Crippen LogP contribution in [0.1, 0.15) is 104 Å². The van der Waals surface area contributed by atoms with E-state index in [0.29, 0.717) is 31.0 Å². The molecule has 2 saturated carbocycles. The predicted molar refractivity (Wildman–Crippen MR) is 150 cm³/mol. The van der Waals surface area contributed by atoms with Crippen LogP contribution in [-0.2, 0) is 19.6 Å². The second-order valence-electron chi connectivity index (χ2n) is 12.7. The average molecular weight is 554 g/mol. The molecule has 0 aromatic heterocycles. The molecule has 4 fully saturated rings. The molecule has 218 valence electrons. The van der Waals surface area contributed by atoms with Gasteiger partial charge in [-0.15, -0.1) is 0 Å². The van der Waals surface area contributed by atoms with Gasteiger partial charge in [0.15, 0.2) is 0 Å². The molecule has 4 rings (SSSR count). The van der Waals surface area contributed by atoms with Crippen LogP contribution in [0.2, 0.25) is 0 Å². The van der Waals surface area contributed by atoms with Gasteiger partial charge in [0.25, 0.3) is 0 Å². The number of carbonyl (C=O) groups excluding carboxylic acids is 2. The smallest absolute Gasteiger partial charge is 0.239 e. The molecule has 0 aromatic rings. The highest BCUT2D eigenvalue weighted by atomic mass is 32.2. The fourth-order valence-electron chi connectivity index (χ4n) is 6.99. The summed E-state index contributed by atoms with van der Waals surface area (Å²) in [4.78, 5) is 29.0. The predicted octanol–water partition coefficient (Wildman–Crippen LogP) is 2.62. The van der Waals surface area contributed by atoms with Crippen LogP contribution in [0.4, 0.5) is 0 Å². The number of hydrogen-bond donors (Lipinski definition) is 4. The molecule has 2 heterocycles. The Hall–Kier alpha value is -1.23. The molecule has 4 N–H and O–H groups in total. The van der Waals surface area contributed by atoms with Gasteiger partial charge in [-0.3, -0.25) is 20.2 Å². The summed E-state index contributed by atoms with van der Waals surface area (Å²) >= 11 is 0. The van der Waals surface area contributed by atoms with Crippen LogP contribution >= 0.6 is 0 Å². The quantitative estimate of drug-likeness (QED) is 0.312. The molecule has 0 radical (unpaired) electrons. The third kappa shape index (κ3) is 7.92. The highest BCUT2D eigenvalue weighted by molar-refractivity contribution is 7.89. The maximum Gasteiger partial charge on any atom is 0.239 e. The first-order valence-corrected chi connectivity index (χ1v) is 16.9. The summed E-state index contributed by atoms with van der Waals surface area (Å²) in [6.45, 7) is 6.58. The average Bonchev–Trinajstić information content (AvgIpc) is 3.55. The Bertz CT molecular complexity index is 893. The normalized spacial score (nSPS) is 30.3. The van der Waals surface area contributed by atoms with E-state index in [9.17, 15) is 18.0 Å². The van der Waals surface area contributed by atoms with Crippen molar-refractivity contribution in [3.8, 4) is 0 Å². The summed E-state index contributed by atoms with van der Waals surface area (Å²) in [7, 11) is -3.71. The van der Waals surface area contributed by atoms with Gasteiger partial charge < -0.3 is 10.2 Å². The summed E-state index contributed by atoms with van der Waals surface area (Å²) in [6, 6.07) is -0.317. The number of fused-ring (bicyclic) bond motifs is 1. The molecular formula is C28H51N5O4S. The van der Waals surface area contributed by atoms with Gasteiger partial charge in [0, 0.05) is 24.7 Å². The Morgan fingerprint density at radius 1 is 0.895 bits per heavy atom. The summed E-state index contributed by atoms with van der Waals surface area (Å²) < 4.78 is 28.5. The van der Waals surface area contributed by atoms with E-state index in [-0.39, 0.29) is 42.2 Å². The minimum absolute atomic E-state index is 0.0539. The molecule has 4 aliphatic rings. The zero-order chi connectivity index (χ0) is 27.3. The van der Waals surface area contributed by atoms with Gasteiger partial charge in [-0.1, -0.05) is 46.0 Å². The lowest BCUT2D eigenvalue weighted by Gasteiger charge is -2.35. The van der Waals surface area contributed by atoms with E-state index >= 15 is 0 Å². The molecule has 9 nitrogen and oxygen atoms in total. The highest BCUT2D eigenvalue weighted by Crippen LogP contribution is 2.34. The number of likely N-dealkylation sites (tertiary alicyclic amines) is 1. The van der Waals surface area contributed by atoms with Crippen molar-refractivity contribution in [3.63, 3.8) is 0 Å². The van der Waals surface area contributed by atoms with Crippen LogP contribution < -0.4 is 20.7 Å². The Kier molecular flexibility index (Phi) is 10.5. The maximum atomic E-state index is 13.6. The van der Waals surface area contributed by atoms with Gasteiger partial charge in [0.05, 0.1) is 24.4 Å². The SMILES string of the molecule is CC(C)CCS(=O)(=O)N[C@@H](CC(=O)N1CCC[C@@H]1C1CCCCC1)C(=O)N[C@@H](C)C1NC2CCCCC2N1. The van der Waals surface area contributed by atoms with E-state index in [1.807, 2.05) is 25.7 Å². The van der Waals surface area contributed by atoms with E-state index in [1.54, 1.807) is 0 Å². The Morgan fingerprint density at radius 3 is 2.16 bits per heavy atom. The summed E-state index contributed by atoms with van der Waals surface area (Å²) in [5, 5.41) is 10.2. The van der Waals surface area contributed by atoms with Crippen molar-refractivity contribution in [2.75, 3.05) is 12.3 Å². The molecule has 2 amide bonds. The third-order valence-corrected chi connectivity index (χ3v) is 10.6. The van der Waals surface area contributed by atoms with Crippen molar-refractivity contribution >= 4 is 21.8 Å². The van der Waals surface area contributed by atoms with Gasteiger partial charge in [0.2, 0.25) is 21.8 Å². The van der Waals surface area contributed by atoms with Crippen molar-refractivity contribution in [1.29, 1.82) is 0 Å². The number of nitrogens with one attached hydrogen (secondary N) is 4. The molecule has 0 spiro atoms. The molecule has 0 bridgehead atoms. The monoisotopic (exact) mass is 553 g/mol. The Balaban J connectivity index is 1.42. The van der Waals surface area contributed by atoms with Crippen molar-refractivity contribution in [2.45, 2.75) is 141 Å². The number of nitrogens with zero attached hydrogens (tertiary/aromatic N) is 1. The largest absolute Gasteiger partial charge is 0.349 e. The fourth-order valence-corrected chi connectivity index (χ4v) is 8.52. The molecule has 2 aliphatic heterocycles. The molecule has 2 aliphatic carbocycles. The first-order chi connectivity index (χ1) is 18.1. The van der Waals surface area contributed by atoms with Crippen LogP contribution in [0.3, 0.4) is 0 Å². The molecule has 0 aromatic carbocycles. The molecule has 5 atom stereocenters. The minimum Gasteiger partial charge on any atom is -0.349 e. The van der Waals surface area contributed by atoms with E-state index in [1.165, 1.54) is 32.1 Å². The van der Waals surface area contributed by atoms with E-state index in [2.05, 4.69) is 20.7 Å². The van der Waals surface area contributed by atoms with Crippen molar-refractivity contribution in [3.05, 3.63) is 0 Å². The van der Waals surface area contributed by atoms with Crippen molar-refractivity contribution < 1.29 is 18.0 Å². The van der Waals surface area contributed by atoms with Crippen LogP contribution in [0, 0.1) is 11.8 Å². The van der Waals surface area contributed by atoms with Crippen LogP contribution in [0.25, 0.3) is 0 Å². The van der Waals surface area contributed by atoms with Crippen LogP contribution in [-0.4, -0.2) is 73.8 Å². The molecular weight excluding hydrogens is 502 g/mol. The topological polar surface area (TPSA) is 120 Å². The summed E-state index contributed by atoms with van der Waals surface area (Å²) in [5.74, 6) is 0.158. The second-order valence-corrected chi connectivity index (χ2v) is 14.5. The minimum atomic E-state index is -3.71. The van der Waals surface area contributed by atoms with Gasteiger partial charge >= 0.3 is 0 Å². The summed E-state index contributed by atoms with van der Waals surface area (Å²) in [6.07, 6.45) is 12.9. The van der Waals surface area contributed by atoms with Crippen molar-refractivity contribution in [1.82, 2.24) is 25.6 Å². The number of sulfonamides is 1. The Morgan fingerprint density at radius 2 is 1.53 bits per heavy atom. The first-order valence-electron chi connectivity index (χ1n) is 15.2. The van der Waals surface area contributed by atoms with E-state index in [4.69, 9.17) is 0 Å². The van der Waals surface area contributed by atoms with Crippen LogP contribution in [0.5, 0.6) is 0 Å². The second kappa shape index (κ2) is 13.4. The van der Waals surface area contributed by atoms with E-state index in [0.717, 1.165) is 38.5 Å². The van der Waals surface area contributed by atoms with Crippen LogP contribution in [0.15, 0.2) is 0 Å². The lowest BCUT2D eigenvalue weighted by molar-refractivity contribution is -0.136. The zero-order valence-corrected chi connectivity index (χ0v) is 24.5. The number of hydrogen-bond acceptors (Lipinski definition) is 6. The standard InChI is InChI=1S/C28H51N5O4S/c1-19(2)15-17-38(36,37)32-24(18-26(34)33-16-9-14-25(33)21-10-5-4-6-11-21)28(35)29-20(3)27-30-22-12-7-8-13-23(22)31-27/h19-25,27,30-32H,4-18H2,1-3H3,(H,29,35)/t20-,22?,23?,24-,25+,27?/m0/s1. The number of amides is 2. The maximum absolute atomic E-state index is 13.6. The third-order valence-electron chi connectivity index (χ3n) is 9.22. The van der Waals surface area contributed by atoms with Crippen molar-refractivity contribution in [2.24, 2.45) is 11.8 Å². The van der Waals surface area contributed by atoms with Gasteiger partial charge in [-0.2, -0.15) is 0 Å². The lowest BCUT2D eigenvalue weighted by Crippen LogP contribution is -2.57.